The number of hydrogen-bond acceptors (Lipinski definition) is 6. The Morgan fingerprint density at radius 1 is 1.12 bits per heavy atom. The highest BCUT2D eigenvalue weighted by atomic mass is 19.1. The zero-order valence-electron chi connectivity index (χ0n) is 22.4. The van der Waals surface area contributed by atoms with Gasteiger partial charge in [-0.3, -0.25) is 14.3 Å². The molecule has 1 saturated carbocycles. The van der Waals surface area contributed by atoms with E-state index in [9.17, 15) is 14.0 Å². The molecule has 1 atom stereocenters. The van der Waals surface area contributed by atoms with Gasteiger partial charge in [0.2, 0.25) is 0 Å². The minimum absolute atomic E-state index is 0.165. The summed E-state index contributed by atoms with van der Waals surface area (Å²) in [5, 5.41) is 3.39. The van der Waals surface area contributed by atoms with Crippen molar-refractivity contribution >= 4 is 22.8 Å². The van der Waals surface area contributed by atoms with E-state index in [1.807, 2.05) is 41.0 Å². The van der Waals surface area contributed by atoms with E-state index in [1.54, 1.807) is 31.5 Å². The Morgan fingerprint density at radius 3 is 2.62 bits per heavy atom. The molecule has 2 aliphatic rings. The highest BCUT2D eigenvalue weighted by molar-refractivity contribution is 6.05. The SMILES string of the molecule is CCOC(=O)[C@H](Cc1ccc(-n2c(-c3cccnc3)nc3cc(F)ccc32)cc1)NC1=CC(=O)C12CCCCC2. The number of hydrogen-bond donors (Lipinski definition) is 1. The van der Waals surface area contributed by atoms with Gasteiger partial charge in [-0.05, 0) is 61.7 Å². The van der Waals surface area contributed by atoms with Crippen molar-refractivity contribution in [2.24, 2.45) is 5.41 Å². The maximum Gasteiger partial charge on any atom is 0.328 e. The second-order valence-electron chi connectivity index (χ2n) is 10.5. The molecule has 40 heavy (non-hydrogen) atoms. The molecule has 2 aromatic heterocycles. The van der Waals surface area contributed by atoms with Gasteiger partial charge in [0.1, 0.15) is 17.7 Å². The van der Waals surface area contributed by atoms with Crippen molar-refractivity contribution in [3.05, 3.63) is 90.1 Å². The van der Waals surface area contributed by atoms with Gasteiger partial charge < -0.3 is 10.1 Å². The summed E-state index contributed by atoms with van der Waals surface area (Å²) in [6.07, 6.45) is 10.3. The molecule has 0 saturated heterocycles. The summed E-state index contributed by atoms with van der Waals surface area (Å²) in [5.74, 6) is 0.144. The van der Waals surface area contributed by atoms with Crippen LogP contribution in [0.3, 0.4) is 0 Å². The Hall–Kier alpha value is -4.33. The van der Waals surface area contributed by atoms with Gasteiger partial charge in [0.25, 0.3) is 0 Å². The molecule has 2 aromatic carbocycles. The van der Waals surface area contributed by atoms with Crippen LogP contribution in [-0.4, -0.2) is 38.9 Å². The molecule has 2 heterocycles. The molecule has 0 amide bonds. The maximum absolute atomic E-state index is 14.0. The van der Waals surface area contributed by atoms with Crippen molar-refractivity contribution in [2.75, 3.05) is 6.61 Å². The van der Waals surface area contributed by atoms with Crippen LogP contribution in [0.15, 0.2) is 78.8 Å². The van der Waals surface area contributed by atoms with E-state index in [4.69, 9.17) is 9.72 Å². The number of ketones is 1. The molecule has 0 unspecified atom stereocenters. The van der Waals surface area contributed by atoms with E-state index in [2.05, 4.69) is 10.3 Å². The van der Waals surface area contributed by atoms with Crippen molar-refractivity contribution < 1.29 is 18.7 Å². The number of ether oxygens (including phenoxy) is 1. The number of imidazole rings is 1. The number of aromatic nitrogens is 3. The first-order chi connectivity index (χ1) is 19.5. The lowest BCUT2D eigenvalue weighted by Crippen LogP contribution is -2.52. The number of rotatable bonds is 8. The van der Waals surface area contributed by atoms with Crippen molar-refractivity contribution in [1.82, 2.24) is 19.9 Å². The first-order valence-electron chi connectivity index (χ1n) is 13.9. The highest BCUT2D eigenvalue weighted by Gasteiger charge is 2.49. The first-order valence-corrected chi connectivity index (χ1v) is 13.9. The zero-order chi connectivity index (χ0) is 27.7. The van der Waals surface area contributed by atoms with Crippen molar-refractivity contribution in [2.45, 2.75) is 51.5 Å². The molecule has 8 heteroatoms. The summed E-state index contributed by atoms with van der Waals surface area (Å²) in [4.78, 5) is 34.5. The van der Waals surface area contributed by atoms with E-state index in [0.29, 0.717) is 17.8 Å². The lowest BCUT2D eigenvalue weighted by molar-refractivity contribution is -0.146. The molecule has 1 N–H and O–H groups in total. The summed E-state index contributed by atoms with van der Waals surface area (Å²) in [7, 11) is 0. The van der Waals surface area contributed by atoms with Crippen LogP contribution < -0.4 is 5.32 Å². The third-order valence-electron chi connectivity index (χ3n) is 8.04. The fourth-order valence-electron chi connectivity index (χ4n) is 5.96. The summed E-state index contributed by atoms with van der Waals surface area (Å²) >= 11 is 0. The van der Waals surface area contributed by atoms with E-state index in [0.717, 1.165) is 60.1 Å². The van der Waals surface area contributed by atoms with Gasteiger partial charge in [-0.25, -0.2) is 14.2 Å². The number of allylic oxidation sites excluding steroid dienone is 2. The summed E-state index contributed by atoms with van der Waals surface area (Å²) in [5.41, 5.74) is 4.34. The van der Waals surface area contributed by atoms with Crippen LogP contribution in [0.1, 0.15) is 44.6 Å². The van der Waals surface area contributed by atoms with Gasteiger partial charge in [0, 0.05) is 47.9 Å². The standard InChI is InChI=1S/C32H31FN4O3/c1-2-40-31(39)26(35-28-19-29(38)32(28)14-4-3-5-15-32)17-21-8-11-24(12-9-21)37-27-13-10-23(33)18-25(27)36-30(37)22-7-6-16-34-20-22/h6-13,16,18-20,26,35H,2-5,14-15,17H2,1H3/t26-/m0/s1. The largest absolute Gasteiger partial charge is 0.464 e. The molecular weight excluding hydrogens is 507 g/mol. The van der Waals surface area contributed by atoms with Crippen LogP contribution in [0.4, 0.5) is 4.39 Å². The van der Waals surface area contributed by atoms with Crippen molar-refractivity contribution in [1.29, 1.82) is 0 Å². The highest BCUT2D eigenvalue weighted by Crippen LogP contribution is 2.48. The van der Waals surface area contributed by atoms with Gasteiger partial charge in [-0.2, -0.15) is 0 Å². The predicted molar refractivity (Wildman–Crippen MR) is 150 cm³/mol. The Bertz CT molecular complexity index is 1590. The maximum atomic E-state index is 14.0. The molecule has 0 radical (unpaired) electrons. The van der Waals surface area contributed by atoms with E-state index >= 15 is 0 Å². The molecule has 7 nitrogen and oxygen atoms in total. The van der Waals surface area contributed by atoms with Gasteiger partial charge in [-0.1, -0.05) is 31.4 Å². The number of pyridine rings is 1. The smallest absolute Gasteiger partial charge is 0.328 e. The van der Waals surface area contributed by atoms with Crippen LogP contribution in [0.5, 0.6) is 0 Å². The molecule has 204 valence electrons. The second-order valence-corrected chi connectivity index (χ2v) is 10.5. The molecule has 4 aromatic rings. The van der Waals surface area contributed by atoms with Crippen LogP contribution in [0.25, 0.3) is 28.1 Å². The normalized spacial score (nSPS) is 16.9. The number of nitrogens with one attached hydrogen (secondary N) is 1. The molecular formula is C32H31FN4O3. The lowest BCUT2D eigenvalue weighted by atomic mass is 9.62. The van der Waals surface area contributed by atoms with E-state index in [-0.39, 0.29) is 24.2 Å². The van der Waals surface area contributed by atoms with Crippen molar-refractivity contribution in [3.8, 4) is 17.1 Å². The number of halogens is 1. The zero-order valence-corrected chi connectivity index (χ0v) is 22.4. The van der Waals surface area contributed by atoms with Crippen molar-refractivity contribution in [3.63, 3.8) is 0 Å². The fraction of sp³-hybridized carbons (Fsp3) is 0.312. The van der Waals surface area contributed by atoms with Gasteiger partial charge >= 0.3 is 5.97 Å². The second kappa shape index (κ2) is 10.7. The molecule has 1 fully saturated rings. The Labute approximate surface area is 232 Å². The summed E-state index contributed by atoms with van der Waals surface area (Å²) in [6.45, 7) is 2.07. The molecule has 6 rings (SSSR count). The number of fused-ring (bicyclic) bond motifs is 1. The van der Waals surface area contributed by atoms with Gasteiger partial charge in [-0.15, -0.1) is 0 Å². The molecule has 1 spiro atoms. The van der Waals surface area contributed by atoms with Crippen LogP contribution in [0.2, 0.25) is 0 Å². The Kier molecular flexibility index (Phi) is 6.92. The first kappa shape index (κ1) is 25.9. The Morgan fingerprint density at radius 2 is 1.93 bits per heavy atom. The van der Waals surface area contributed by atoms with Crippen LogP contribution >= 0.6 is 0 Å². The van der Waals surface area contributed by atoms with E-state index < -0.39 is 11.5 Å². The third kappa shape index (κ3) is 4.68. The molecule has 0 bridgehead atoms. The number of carbonyl (C=O) groups is 2. The summed E-state index contributed by atoms with van der Waals surface area (Å²) in [6, 6.07) is 15.6. The average Bonchev–Trinajstić information content (AvgIpc) is 3.36. The predicted octanol–water partition coefficient (Wildman–Crippen LogP) is 5.71. The lowest BCUT2D eigenvalue weighted by Gasteiger charge is -2.44. The average molecular weight is 539 g/mol. The molecule has 0 aliphatic heterocycles. The van der Waals surface area contributed by atoms with E-state index in [1.165, 1.54) is 12.1 Å². The third-order valence-corrected chi connectivity index (χ3v) is 8.04. The minimum Gasteiger partial charge on any atom is -0.464 e. The molecule has 2 aliphatic carbocycles. The monoisotopic (exact) mass is 538 g/mol. The quantitative estimate of drug-likeness (QED) is 0.289. The summed E-state index contributed by atoms with van der Waals surface area (Å²) < 4.78 is 21.4. The fourth-order valence-corrected chi connectivity index (χ4v) is 5.96. The van der Waals surface area contributed by atoms with Crippen LogP contribution in [-0.2, 0) is 20.7 Å². The number of esters is 1. The minimum atomic E-state index is -0.605. The number of carbonyl (C=O) groups excluding carboxylic acids is 2. The number of benzene rings is 2. The van der Waals surface area contributed by atoms with Gasteiger partial charge in [0.05, 0.1) is 23.1 Å². The Balaban J connectivity index is 1.29. The van der Waals surface area contributed by atoms with Gasteiger partial charge in [0.15, 0.2) is 5.78 Å². The topological polar surface area (TPSA) is 86.1 Å². The number of nitrogens with zero attached hydrogens (tertiary/aromatic N) is 3. The van der Waals surface area contributed by atoms with Crippen LogP contribution in [0, 0.1) is 11.2 Å².